The third-order valence-corrected chi connectivity index (χ3v) is 5.12. The molecule has 3 heteroatoms. The van der Waals surface area contributed by atoms with Gasteiger partial charge in [0.1, 0.15) is 0 Å². The zero-order valence-corrected chi connectivity index (χ0v) is 14.4. The van der Waals surface area contributed by atoms with Crippen molar-refractivity contribution in [3.8, 4) is 0 Å². The SMILES string of the molecule is O=[N+]([O-])c1ccc(/C=C\c2ccc3ccc4cccc5ccc2c3c45)cc1. The Morgan fingerprint density at radius 2 is 1.30 bits per heavy atom. The number of nitro groups is 1. The van der Waals surface area contributed by atoms with Gasteiger partial charge < -0.3 is 0 Å². The van der Waals surface area contributed by atoms with E-state index in [2.05, 4.69) is 60.7 Å². The molecule has 0 bridgehead atoms. The molecular formula is C24H15NO2. The highest BCUT2D eigenvalue weighted by Gasteiger charge is 2.09. The Hall–Kier alpha value is -3.72. The fourth-order valence-electron chi connectivity index (χ4n) is 3.80. The van der Waals surface area contributed by atoms with Crippen LogP contribution in [0.3, 0.4) is 0 Å². The number of hydrogen-bond donors (Lipinski definition) is 0. The molecule has 3 nitrogen and oxygen atoms in total. The number of nitrogens with zero attached hydrogens (tertiary/aromatic N) is 1. The summed E-state index contributed by atoms with van der Waals surface area (Å²) < 4.78 is 0. The summed E-state index contributed by atoms with van der Waals surface area (Å²) in [5.74, 6) is 0. The van der Waals surface area contributed by atoms with Crippen molar-refractivity contribution < 1.29 is 4.92 Å². The summed E-state index contributed by atoms with van der Waals surface area (Å²) >= 11 is 0. The molecule has 0 aliphatic heterocycles. The predicted octanol–water partition coefficient (Wildman–Crippen LogP) is 6.66. The van der Waals surface area contributed by atoms with Crippen LogP contribution in [0, 0.1) is 10.1 Å². The number of hydrogen-bond acceptors (Lipinski definition) is 2. The second-order valence-corrected chi connectivity index (χ2v) is 6.69. The highest BCUT2D eigenvalue weighted by molar-refractivity contribution is 6.24. The summed E-state index contributed by atoms with van der Waals surface area (Å²) in [7, 11) is 0. The Morgan fingerprint density at radius 3 is 2.00 bits per heavy atom. The third kappa shape index (κ3) is 2.52. The molecule has 0 saturated carbocycles. The number of non-ortho nitro benzene ring substituents is 1. The molecule has 0 aromatic heterocycles. The quantitative estimate of drug-likeness (QED) is 0.158. The van der Waals surface area contributed by atoms with Crippen LogP contribution in [0.15, 0.2) is 78.9 Å². The van der Waals surface area contributed by atoms with Crippen molar-refractivity contribution in [3.05, 3.63) is 100 Å². The summed E-state index contributed by atoms with van der Waals surface area (Å²) in [6.07, 6.45) is 4.07. The van der Waals surface area contributed by atoms with Crippen molar-refractivity contribution in [3.63, 3.8) is 0 Å². The lowest BCUT2D eigenvalue weighted by atomic mass is 9.92. The van der Waals surface area contributed by atoms with E-state index in [-0.39, 0.29) is 10.6 Å². The van der Waals surface area contributed by atoms with Gasteiger partial charge in [-0.1, -0.05) is 66.7 Å². The molecule has 0 saturated heterocycles. The number of rotatable bonds is 3. The molecule has 0 unspecified atom stereocenters. The van der Waals surface area contributed by atoms with Crippen LogP contribution in [0.2, 0.25) is 0 Å². The Balaban J connectivity index is 1.66. The fourth-order valence-corrected chi connectivity index (χ4v) is 3.80. The molecule has 0 radical (unpaired) electrons. The monoisotopic (exact) mass is 349 g/mol. The van der Waals surface area contributed by atoms with E-state index in [1.165, 1.54) is 44.5 Å². The Labute approximate surface area is 155 Å². The number of benzene rings is 5. The summed E-state index contributed by atoms with van der Waals surface area (Å²) in [5, 5.41) is 18.3. The molecule has 0 aliphatic carbocycles. The lowest BCUT2D eigenvalue weighted by Gasteiger charge is -2.12. The van der Waals surface area contributed by atoms with Gasteiger partial charge in [0.05, 0.1) is 4.92 Å². The van der Waals surface area contributed by atoms with Gasteiger partial charge in [0, 0.05) is 12.1 Å². The van der Waals surface area contributed by atoms with Gasteiger partial charge in [-0.15, -0.1) is 0 Å². The molecular weight excluding hydrogens is 334 g/mol. The van der Waals surface area contributed by atoms with E-state index < -0.39 is 0 Å². The minimum atomic E-state index is -0.381. The molecule has 0 spiro atoms. The zero-order valence-electron chi connectivity index (χ0n) is 14.4. The first-order valence-corrected chi connectivity index (χ1v) is 8.80. The van der Waals surface area contributed by atoms with Crippen molar-refractivity contribution in [1.29, 1.82) is 0 Å². The minimum absolute atomic E-state index is 0.106. The third-order valence-electron chi connectivity index (χ3n) is 5.12. The zero-order chi connectivity index (χ0) is 18.4. The van der Waals surface area contributed by atoms with Crippen molar-refractivity contribution in [2.45, 2.75) is 0 Å². The standard InChI is InChI=1S/C24H15NO2/c26-25(27)21-13-5-16(6-14-21)4-7-17-8-9-20-11-10-18-2-1-3-19-12-15-22(17)24(20)23(18)19/h1-15H/b7-4-. The first kappa shape index (κ1) is 15.5. The summed E-state index contributed by atoms with van der Waals surface area (Å²) in [6.45, 7) is 0. The topological polar surface area (TPSA) is 43.1 Å². The molecule has 5 rings (SSSR count). The molecule has 0 atom stereocenters. The second kappa shape index (κ2) is 5.92. The second-order valence-electron chi connectivity index (χ2n) is 6.69. The minimum Gasteiger partial charge on any atom is -0.258 e. The van der Waals surface area contributed by atoms with E-state index in [4.69, 9.17) is 0 Å². The molecule has 5 aromatic rings. The molecule has 0 fully saturated rings. The van der Waals surface area contributed by atoms with Gasteiger partial charge in [-0.2, -0.15) is 0 Å². The van der Waals surface area contributed by atoms with Crippen molar-refractivity contribution in [2.75, 3.05) is 0 Å². The Kier molecular flexibility index (Phi) is 3.41. The van der Waals surface area contributed by atoms with Gasteiger partial charge in [0.25, 0.3) is 5.69 Å². The van der Waals surface area contributed by atoms with Crippen LogP contribution in [0.1, 0.15) is 11.1 Å². The van der Waals surface area contributed by atoms with Gasteiger partial charge in [-0.25, -0.2) is 0 Å². The molecule has 5 aromatic carbocycles. The maximum absolute atomic E-state index is 10.8. The molecule has 27 heavy (non-hydrogen) atoms. The van der Waals surface area contributed by atoms with E-state index in [9.17, 15) is 10.1 Å². The van der Waals surface area contributed by atoms with Crippen molar-refractivity contribution in [1.82, 2.24) is 0 Å². The van der Waals surface area contributed by atoms with E-state index in [0.29, 0.717) is 0 Å². The van der Waals surface area contributed by atoms with E-state index >= 15 is 0 Å². The van der Waals surface area contributed by atoms with Crippen LogP contribution in [0.5, 0.6) is 0 Å². The van der Waals surface area contributed by atoms with Crippen LogP contribution in [0.4, 0.5) is 5.69 Å². The normalized spacial score (nSPS) is 11.9. The maximum Gasteiger partial charge on any atom is 0.269 e. The van der Waals surface area contributed by atoms with Gasteiger partial charge >= 0.3 is 0 Å². The lowest BCUT2D eigenvalue weighted by Crippen LogP contribution is -1.87. The van der Waals surface area contributed by atoms with Gasteiger partial charge in [0.2, 0.25) is 0 Å². The maximum atomic E-state index is 10.8. The number of nitro benzene ring substituents is 1. The van der Waals surface area contributed by atoms with Gasteiger partial charge in [-0.3, -0.25) is 10.1 Å². The van der Waals surface area contributed by atoms with Crippen molar-refractivity contribution >= 4 is 50.2 Å². The molecule has 0 aliphatic rings. The molecule has 0 N–H and O–H groups in total. The van der Waals surface area contributed by atoms with Crippen LogP contribution in [-0.4, -0.2) is 4.92 Å². The smallest absolute Gasteiger partial charge is 0.258 e. The largest absolute Gasteiger partial charge is 0.269 e. The fraction of sp³-hybridized carbons (Fsp3) is 0. The van der Waals surface area contributed by atoms with Crippen LogP contribution in [-0.2, 0) is 0 Å². The van der Waals surface area contributed by atoms with E-state index in [1.54, 1.807) is 12.1 Å². The van der Waals surface area contributed by atoms with Gasteiger partial charge in [-0.05, 0) is 55.6 Å². The van der Waals surface area contributed by atoms with E-state index in [0.717, 1.165) is 11.1 Å². The predicted molar refractivity (Wildman–Crippen MR) is 112 cm³/mol. The summed E-state index contributed by atoms with van der Waals surface area (Å²) in [6, 6.07) is 26.0. The highest BCUT2D eigenvalue weighted by atomic mass is 16.6. The average molecular weight is 349 g/mol. The molecule has 128 valence electrons. The van der Waals surface area contributed by atoms with E-state index in [1.807, 2.05) is 6.08 Å². The van der Waals surface area contributed by atoms with Crippen LogP contribution < -0.4 is 0 Å². The first-order chi connectivity index (χ1) is 13.2. The molecule has 0 amide bonds. The van der Waals surface area contributed by atoms with Crippen LogP contribution >= 0.6 is 0 Å². The Morgan fingerprint density at radius 1 is 0.667 bits per heavy atom. The highest BCUT2D eigenvalue weighted by Crippen LogP contribution is 2.36. The summed E-state index contributed by atoms with van der Waals surface area (Å²) in [5.41, 5.74) is 2.18. The molecule has 0 heterocycles. The van der Waals surface area contributed by atoms with Crippen LogP contribution in [0.25, 0.3) is 44.5 Å². The Bertz CT molecular complexity index is 1320. The average Bonchev–Trinajstić information content (AvgIpc) is 2.71. The summed E-state index contributed by atoms with van der Waals surface area (Å²) in [4.78, 5) is 10.4. The van der Waals surface area contributed by atoms with Crippen molar-refractivity contribution in [2.24, 2.45) is 0 Å². The first-order valence-electron chi connectivity index (χ1n) is 8.80. The van der Waals surface area contributed by atoms with Gasteiger partial charge in [0.15, 0.2) is 0 Å². The lowest BCUT2D eigenvalue weighted by molar-refractivity contribution is -0.384.